The van der Waals surface area contributed by atoms with E-state index in [1.165, 1.54) is 0 Å². The van der Waals surface area contributed by atoms with E-state index in [1.807, 2.05) is 12.1 Å². The lowest BCUT2D eigenvalue weighted by Crippen LogP contribution is -2.35. The lowest BCUT2D eigenvalue weighted by molar-refractivity contribution is 0.220. The van der Waals surface area contributed by atoms with Gasteiger partial charge in [0.05, 0.1) is 7.11 Å². The molecule has 0 unspecified atom stereocenters. The van der Waals surface area contributed by atoms with Crippen molar-refractivity contribution in [2.45, 2.75) is 18.9 Å². The summed E-state index contributed by atoms with van der Waals surface area (Å²) in [6.45, 7) is 1.95. The van der Waals surface area contributed by atoms with Crippen LogP contribution in [0, 0.1) is 0 Å². The Hall–Kier alpha value is -1.67. The molecule has 0 aliphatic carbocycles. The smallest absolute Gasteiger partial charge is 0.343 e. The molecule has 8 heteroatoms. The van der Waals surface area contributed by atoms with E-state index in [0.29, 0.717) is 21.9 Å². The average molecular weight is 368 g/mol. The minimum atomic E-state index is -0.182. The molecule has 1 fully saturated rings. The number of aromatic amines is 1. The summed E-state index contributed by atoms with van der Waals surface area (Å²) < 4.78 is 7.51. The largest absolute Gasteiger partial charge is 0.494 e. The molecule has 0 atom stereocenters. The molecule has 3 heterocycles. The van der Waals surface area contributed by atoms with E-state index < -0.39 is 0 Å². The molecule has 7 nitrogen and oxygen atoms in total. The van der Waals surface area contributed by atoms with Gasteiger partial charge < -0.3 is 9.64 Å². The third kappa shape index (κ3) is 2.80. The Balaban J connectivity index is 1.98. The second kappa shape index (κ2) is 6.21. The minimum Gasteiger partial charge on any atom is -0.494 e. The standard InChI is InChI=1S/C14H18BrN5O2/c1-19-7-5-9(6-8-19)20-13(17-18-14(20)21)10-3-4-11(22-2)12(15)16-10/h3-4,9H,5-8H2,1-2H3,(H,18,21). The fraction of sp³-hybridized carbons (Fsp3) is 0.500. The molecule has 0 amide bonds. The molecule has 1 N–H and O–H groups in total. The number of likely N-dealkylation sites (tertiary alicyclic amines) is 1. The summed E-state index contributed by atoms with van der Waals surface area (Å²) in [4.78, 5) is 18.9. The SMILES string of the molecule is COc1ccc(-c2n[nH]c(=O)n2C2CCN(C)CC2)nc1Br. The highest BCUT2D eigenvalue weighted by atomic mass is 79.9. The van der Waals surface area contributed by atoms with Gasteiger partial charge in [0.25, 0.3) is 0 Å². The fourth-order valence-electron chi connectivity index (χ4n) is 2.78. The van der Waals surface area contributed by atoms with Crippen LogP contribution in [-0.2, 0) is 0 Å². The number of halogens is 1. The van der Waals surface area contributed by atoms with Crippen molar-refractivity contribution < 1.29 is 4.74 Å². The van der Waals surface area contributed by atoms with Gasteiger partial charge in [-0.1, -0.05) is 0 Å². The molecule has 0 radical (unpaired) electrons. The monoisotopic (exact) mass is 367 g/mol. The van der Waals surface area contributed by atoms with E-state index in [9.17, 15) is 4.79 Å². The number of pyridine rings is 1. The van der Waals surface area contributed by atoms with Gasteiger partial charge >= 0.3 is 5.69 Å². The third-order valence-electron chi connectivity index (χ3n) is 4.02. The lowest BCUT2D eigenvalue weighted by Gasteiger charge is -2.29. The van der Waals surface area contributed by atoms with Gasteiger partial charge in [-0.25, -0.2) is 14.9 Å². The van der Waals surface area contributed by atoms with Crippen molar-refractivity contribution >= 4 is 15.9 Å². The first-order valence-electron chi connectivity index (χ1n) is 7.16. The molecule has 1 aliphatic rings. The number of hydrogen-bond acceptors (Lipinski definition) is 5. The molecule has 3 rings (SSSR count). The summed E-state index contributed by atoms with van der Waals surface area (Å²) in [7, 11) is 3.68. The van der Waals surface area contributed by atoms with Gasteiger partial charge in [0.15, 0.2) is 11.6 Å². The van der Waals surface area contributed by atoms with E-state index in [0.717, 1.165) is 25.9 Å². The van der Waals surface area contributed by atoms with E-state index in [1.54, 1.807) is 11.7 Å². The van der Waals surface area contributed by atoms with Gasteiger partial charge in [0.2, 0.25) is 0 Å². The molecule has 2 aromatic heterocycles. The van der Waals surface area contributed by atoms with Crippen LogP contribution in [-0.4, -0.2) is 51.9 Å². The molecule has 2 aromatic rings. The van der Waals surface area contributed by atoms with Crippen LogP contribution in [0.2, 0.25) is 0 Å². The molecule has 118 valence electrons. The zero-order valence-corrected chi connectivity index (χ0v) is 14.1. The maximum Gasteiger partial charge on any atom is 0.343 e. The molecule has 0 saturated carbocycles. The predicted molar refractivity (Wildman–Crippen MR) is 86.1 cm³/mol. The van der Waals surface area contributed by atoms with Crippen molar-refractivity contribution in [1.29, 1.82) is 0 Å². The lowest BCUT2D eigenvalue weighted by atomic mass is 10.1. The number of aromatic nitrogens is 4. The van der Waals surface area contributed by atoms with Crippen LogP contribution in [0.25, 0.3) is 11.5 Å². The van der Waals surface area contributed by atoms with E-state index in [-0.39, 0.29) is 11.7 Å². The maximum atomic E-state index is 12.2. The number of H-pyrrole nitrogens is 1. The average Bonchev–Trinajstić information content (AvgIpc) is 2.90. The maximum absolute atomic E-state index is 12.2. The summed E-state index contributed by atoms with van der Waals surface area (Å²) in [5, 5.41) is 6.71. The predicted octanol–water partition coefficient (Wildman–Crippen LogP) is 1.67. The number of nitrogens with one attached hydrogen (secondary N) is 1. The van der Waals surface area contributed by atoms with Crippen molar-refractivity contribution in [3.8, 4) is 17.3 Å². The van der Waals surface area contributed by atoms with Crippen LogP contribution in [0.15, 0.2) is 21.5 Å². The second-order valence-electron chi connectivity index (χ2n) is 5.45. The van der Waals surface area contributed by atoms with Crippen LogP contribution in [0.3, 0.4) is 0 Å². The zero-order chi connectivity index (χ0) is 15.7. The van der Waals surface area contributed by atoms with E-state index in [4.69, 9.17) is 4.74 Å². The molecule has 1 saturated heterocycles. The first-order valence-corrected chi connectivity index (χ1v) is 7.96. The Morgan fingerprint density at radius 2 is 2.09 bits per heavy atom. The van der Waals surface area contributed by atoms with E-state index in [2.05, 4.69) is 43.1 Å². The number of methoxy groups -OCH3 is 1. The van der Waals surface area contributed by atoms with Crippen molar-refractivity contribution in [3.63, 3.8) is 0 Å². The highest BCUT2D eigenvalue weighted by Gasteiger charge is 2.24. The third-order valence-corrected chi connectivity index (χ3v) is 4.59. The van der Waals surface area contributed by atoms with Gasteiger partial charge in [-0.2, -0.15) is 5.10 Å². The van der Waals surface area contributed by atoms with Crippen LogP contribution in [0.4, 0.5) is 0 Å². The summed E-state index contributed by atoms with van der Waals surface area (Å²) in [5.74, 6) is 1.22. The number of ether oxygens (including phenoxy) is 1. The van der Waals surface area contributed by atoms with Crippen molar-refractivity contribution in [3.05, 3.63) is 27.2 Å². The number of piperidine rings is 1. The van der Waals surface area contributed by atoms with Gasteiger partial charge in [0.1, 0.15) is 10.3 Å². The Labute approximate surface area is 136 Å². The Bertz CT molecular complexity index is 718. The summed E-state index contributed by atoms with van der Waals surface area (Å²) in [6, 6.07) is 3.77. The summed E-state index contributed by atoms with van der Waals surface area (Å²) in [6.07, 6.45) is 1.86. The van der Waals surface area contributed by atoms with Crippen molar-refractivity contribution in [2.75, 3.05) is 27.2 Å². The molecular weight excluding hydrogens is 350 g/mol. The molecule has 1 aliphatic heterocycles. The van der Waals surface area contributed by atoms with Crippen LogP contribution >= 0.6 is 15.9 Å². The number of nitrogens with zero attached hydrogens (tertiary/aromatic N) is 4. The van der Waals surface area contributed by atoms with Crippen LogP contribution < -0.4 is 10.4 Å². The molecule has 0 aromatic carbocycles. The Kier molecular flexibility index (Phi) is 4.30. The number of hydrogen-bond donors (Lipinski definition) is 1. The topological polar surface area (TPSA) is 76.0 Å². The fourth-order valence-corrected chi connectivity index (χ4v) is 3.26. The highest BCUT2D eigenvalue weighted by Crippen LogP contribution is 2.28. The normalized spacial score (nSPS) is 16.9. The summed E-state index contributed by atoms with van der Waals surface area (Å²) in [5.41, 5.74) is 0.461. The molecule has 0 bridgehead atoms. The van der Waals surface area contributed by atoms with Gasteiger partial charge in [0, 0.05) is 6.04 Å². The van der Waals surface area contributed by atoms with Crippen molar-refractivity contribution in [2.24, 2.45) is 0 Å². The Morgan fingerprint density at radius 1 is 1.36 bits per heavy atom. The zero-order valence-electron chi connectivity index (χ0n) is 12.5. The molecule has 0 spiro atoms. The van der Waals surface area contributed by atoms with E-state index >= 15 is 0 Å². The van der Waals surface area contributed by atoms with Crippen LogP contribution in [0.5, 0.6) is 5.75 Å². The molecular formula is C14H18BrN5O2. The second-order valence-corrected chi connectivity index (χ2v) is 6.20. The first-order chi connectivity index (χ1) is 10.6. The molecule has 22 heavy (non-hydrogen) atoms. The number of rotatable bonds is 3. The first kappa shape index (κ1) is 15.2. The van der Waals surface area contributed by atoms with Crippen molar-refractivity contribution in [1.82, 2.24) is 24.6 Å². The highest BCUT2D eigenvalue weighted by molar-refractivity contribution is 9.10. The quantitative estimate of drug-likeness (QED) is 0.835. The van der Waals surface area contributed by atoms with Gasteiger partial charge in [-0.15, -0.1) is 0 Å². The minimum absolute atomic E-state index is 0.153. The summed E-state index contributed by atoms with van der Waals surface area (Å²) >= 11 is 3.37. The van der Waals surface area contributed by atoms with Crippen LogP contribution in [0.1, 0.15) is 18.9 Å². The van der Waals surface area contributed by atoms with Gasteiger partial charge in [-0.05, 0) is 61.0 Å². The Morgan fingerprint density at radius 3 is 2.73 bits per heavy atom. The van der Waals surface area contributed by atoms with Gasteiger partial charge in [-0.3, -0.25) is 4.57 Å².